The molecule has 0 bridgehead atoms. The fourth-order valence-electron chi connectivity index (χ4n) is 3.89. The molecule has 1 aliphatic rings. The molecule has 5 rings (SSSR count). The zero-order valence-corrected chi connectivity index (χ0v) is 20.4. The van der Waals surface area contributed by atoms with Gasteiger partial charge in [0.25, 0.3) is 11.8 Å². The number of thiazole rings is 1. The van der Waals surface area contributed by atoms with E-state index in [0.29, 0.717) is 33.8 Å². The second kappa shape index (κ2) is 9.11. The van der Waals surface area contributed by atoms with Crippen molar-refractivity contribution in [3.05, 3.63) is 75.5 Å². The number of benzene rings is 2. The van der Waals surface area contributed by atoms with E-state index in [2.05, 4.69) is 26.2 Å². The van der Waals surface area contributed by atoms with Gasteiger partial charge in [0.2, 0.25) is 0 Å². The normalized spacial score (nSPS) is 13.3. The maximum Gasteiger partial charge on any atom is 0.274 e. The van der Waals surface area contributed by atoms with Gasteiger partial charge in [-0.25, -0.2) is 4.98 Å². The molecule has 1 N–H and O–H groups in total. The van der Waals surface area contributed by atoms with E-state index >= 15 is 0 Å². The van der Waals surface area contributed by atoms with Crippen molar-refractivity contribution >= 4 is 50.1 Å². The lowest BCUT2D eigenvalue weighted by Crippen LogP contribution is -2.40. The summed E-state index contributed by atoms with van der Waals surface area (Å²) in [6, 6.07) is 15.5. The molecule has 4 aromatic rings. The van der Waals surface area contributed by atoms with Gasteiger partial charge in [-0.05, 0) is 59.5 Å². The van der Waals surface area contributed by atoms with Gasteiger partial charge in [-0.1, -0.05) is 35.9 Å². The number of aromatic nitrogens is 1. The van der Waals surface area contributed by atoms with Gasteiger partial charge < -0.3 is 14.6 Å². The van der Waals surface area contributed by atoms with Crippen molar-refractivity contribution in [3.8, 4) is 10.4 Å². The van der Waals surface area contributed by atoms with Crippen LogP contribution in [0.25, 0.3) is 21.4 Å². The molecule has 2 heterocycles. The Kier molecular flexibility index (Phi) is 6.03. The Hall–Kier alpha value is -2.97. The van der Waals surface area contributed by atoms with Crippen LogP contribution in [-0.4, -0.2) is 40.8 Å². The summed E-state index contributed by atoms with van der Waals surface area (Å²) in [4.78, 5) is 33.5. The van der Waals surface area contributed by atoms with Gasteiger partial charge in [0, 0.05) is 24.5 Å². The minimum atomic E-state index is -0.179. The number of nitrogens with one attached hydrogen (secondary N) is 1. The fraction of sp³-hybridized carbons (Fsp3) is 0.240. The average Bonchev–Trinajstić information content (AvgIpc) is 3.39. The average molecular weight is 524 g/mol. The molecule has 0 saturated heterocycles. The van der Waals surface area contributed by atoms with E-state index in [0.717, 1.165) is 34.2 Å². The largest absolute Gasteiger partial charge is 0.464 e. The molecule has 2 aromatic heterocycles. The van der Waals surface area contributed by atoms with Crippen LogP contribution in [0.1, 0.15) is 39.3 Å². The Morgan fingerprint density at radius 1 is 1.18 bits per heavy atom. The van der Waals surface area contributed by atoms with Crippen LogP contribution in [0.4, 0.5) is 0 Å². The number of amides is 2. The second-order valence-corrected chi connectivity index (χ2v) is 10.4. The molecule has 6 nitrogen and oxygen atoms in total. The van der Waals surface area contributed by atoms with E-state index < -0.39 is 0 Å². The number of rotatable bonds is 7. The lowest BCUT2D eigenvalue weighted by molar-refractivity contribution is 0.0732. The molecule has 0 radical (unpaired) electrons. The monoisotopic (exact) mass is 523 g/mol. The van der Waals surface area contributed by atoms with Crippen molar-refractivity contribution in [3.63, 3.8) is 0 Å². The summed E-state index contributed by atoms with van der Waals surface area (Å²) in [6.45, 7) is 2.83. The van der Waals surface area contributed by atoms with Crippen LogP contribution in [0.3, 0.4) is 0 Å². The highest BCUT2D eigenvalue weighted by atomic mass is 79.9. The first kappa shape index (κ1) is 21.9. The fourth-order valence-corrected chi connectivity index (χ4v) is 5.34. The maximum atomic E-state index is 13.5. The summed E-state index contributed by atoms with van der Waals surface area (Å²) in [5, 5.41) is 3.73. The highest BCUT2D eigenvalue weighted by Gasteiger charge is 2.35. The van der Waals surface area contributed by atoms with Crippen LogP contribution >= 0.6 is 27.3 Å². The molecule has 1 aliphatic carbocycles. The van der Waals surface area contributed by atoms with Crippen molar-refractivity contribution < 1.29 is 14.0 Å². The van der Waals surface area contributed by atoms with Crippen LogP contribution < -0.4 is 5.32 Å². The van der Waals surface area contributed by atoms with Gasteiger partial charge in [-0.15, -0.1) is 11.3 Å². The minimum absolute atomic E-state index is 0.0961. The lowest BCUT2D eigenvalue weighted by Gasteiger charge is -2.22. The highest BCUT2D eigenvalue weighted by Crippen LogP contribution is 2.36. The van der Waals surface area contributed by atoms with E-state index in [9.17, 15) is 9.59 Å². The third-order valence-corrected chi connectivity index (χ3v) is 7.30. The molecule has 0 spiro atoms. The van der Waals surface area contributed by atoms with E-state index in [4.69, 9.17) is 4.42 Å². The van der Waals surface area contributed by atoms with Gasteiger partial charge in [0.15, 0.2) is 3.92 Å². The number of hydrogen-bond acceptors (Lipinski definition) is 5. The molecule has 8 heteroatoms. The standard InChI is InChI=1S/C25H22BrN3O3S/c1-15-5-7-16(8-6-15)22-21(28-25(26)33-22)24(31)29(17-9-10-17)13-12-27-23(30)19-3-2-4-20-18(19)11-14-32-20/h2-8,11,14,17H,9-10,12-13H2,1H3,(H,27,30). The smallest absolute Gasteiger partial charge is 0.274 e. The molecule has 0 atom stereocenters. The van der Waals surface area contributed by atoms with Gasteiger partial charge in [-0.2, -0.15) is 0 Å². The zero-order valence-electron chi connectivity index (χ0n) is 18.0. The Bertz CT molecular complexity index is 1320. The molecule has 1 saturated carbocycles. The molecular weight excluding hydrogens is 502 g/mol. The molecule has 2 amide bonds. The summed E-state index contributed by atoms with van der Waals surface area (Å²) in [5.41, 5.74) is 3.84. The summed E-state index contributed by atoms with van der Waals surface area (Å²) in [5.74, 6) is -0.275. The molecule has 0 unspecified atom stereocenters. The molecule has 2 aromatic carbocycles. The summed E-state index contributed by atoms with van der Waals surface area (Å²) >= 11 is 4.91. The molecule has 1 fully saturated rings. The Morgan fingerprint density at radius 3 is 2.73 bits per heavy atom. The second-order valence-electron chi connectivity index (χ2n) is 8.13. The Labute approximate surface area is 203 Å². The molecule has 0 aliphatic heterocycles. The third-order valence-electron chi connectivity index (χ3n) is 5.74. The van der Waals surface area contributed by atoms with Gasteiger partial charge in [-0.3, -0.25) is 9.59 Å². The molecular formula is C25H22BrN3O3S. The number of carbonyl (C=O) groups excluding carboxylic acids is 2. The van der Waals surface area contributed by atoms with E-state index in [1.54, 1.807) is 24.5 Å². The van der Waals surface area contributed by atoms with E-state index in [1.807, 2.05) is 42.2 Å². The lowest BCUT2D eigenvalue weighted by atomic mass is 10.1. The zero-order chi connectivity index (χ0) is 22.9. The first-order chi connectivity index (χ1) is 16.0. The van der Waals surface area contributed by atoms with Gasteiger partial charge >= 0.3 is 0 Å². The summed E-state index contributed by atoms with van der Waals surface area (Å²) in [6.07, 6.45) is 3.52. The third kappa shape index (κ3) is 4.58. The van der Waals surface area contributed by atoms with Crippen LogP contribution in [0, 0.1) is 6.92 Å². The van der Waals surface area contributed by atoms with Crippen molar-refractivity contribution in [1.29, 1.82) is 0 Å². The number of nitrogens with zero attached hydrogens (tertiary/aromatic N) is 2. The van der Waals surface area contributed by atoms with Crippen molar-refractivity contribution in [1.82, 2.24) is 15.2 Å². The van der Waals surface area contributed by atoms with Crippen molar-refractivity contribution in [2.24, 2.45) is 0 Å². The first-order valence-electron chi connectivity index (χ1n) is 10.8. The van der Waals surface area contributed by atoms with Gasteiger partial charge in [0.05, 0.1) is 16.7 Å². The van der Waals surface area contributed by atoms with E-state index in [1.165, 1.54) is 11.3 Å². The number of halogens is 1. The predicted octanol–water partition coefficient (Wildman–Crippen LogP) is 5.66. The number of fused-ring (bicyclic) bond motifs is 1. The quantitative estimate of drug-likeness (QED) is 0.339. The topological polar surface area (TPSA) is 75.4 Å². The van der Waals surface area contributed by atoms with Crippen molar-refractivity contribution in [2.75, 3.05) is 13.1 Å². The Morgan fingerprint density at radius 2 is 1.97 bits per heavy atom. The van der Waals surface area contributed by atoms with E-state index in [-0.39, 0.29) is 17.9 Å². The minimum Gasteiger partial charge on any atom is -0.464 e. The van der Waals surface area contributed by atoms with Gasteiger partial charge in [0.1, 0.15) is 11.3 Å². The molecule has 33 heavy (non-hydrogen) atoms. The van der Waals surface area contributed by atoms with Crippen LogP contribution in [0.5, 0.6) is 0 Å². The Balaban J connectivity index is 1.31. The predicted molar refractivity (Wildman–Crippen MR) is 133 cm³/mol. The number of hydrogen-bond donors (Lipinski definition) is 1. The number of carbonyl (C=O) groups is 2. The first-order valence-corrected chi connectivity index (χ1v) is 12.4. The summed E-state index contributed by atoms with van der Waals surface area (Å²) in [7, 11) is 0. The van der Waals surface area contributed by atoms with Crippen LogP contribution in [-0.2, 0) is 0 Å². The maximum absolute atomic E-state index is 13.5. The van der Waals surface area contributed by atoms with Crippen LogP contribution in [0.15, 0.2) is 63.1 Å². The van der Waals surface area contributed by atoms with Crippen molar-refractivity contribution in [2.45, 2.75) is 25.8 Å². The summed E-state index contributed by atoms with van der Waals surface area (Å²) < 4.78 is 6.06. The SMILES string of the molecule is Cc1ccc(-c2sc(Br)nc2C(=O)N(CCNC(=O)c2cccc3occc23)C2CC2)cc1. The highest BCUT2D eigenvalue weighted by molar-refractivity contribution is 9.11. The van der Waals surface area contributed by atoms with Crippen LogP contribution in [0.2, 0.25) is 0 Å². The number of furan rings is 1. The molecule has 168 valence electrons. The number of aryl methyl sites for hydroxylation is 1.